The van der Waals surface area contributed by atoms with Crippen LogP contribution in [0.4, 0.5) is 0 Å². The minimum absolute atomic E-state index is 0.926. The summed E-state index contributed by atoms with van der Waals surface area (Å²) in [7, 11) is 0. The number of nitrogens with zero attached hydrogens (tertiary/aromatic N) is 2. The van der Waals surface area contributed by atoms with Gasteiger partial charge in [-0.05, 0) is 30.3 Å². The van der Waals surface area contributed by atoms with Crippen LogP contribution < -0.4 is 0 Å². The lowest BCUT2D eigenvalue weighted by Gasteiger charge is -1.95. The molecule has 3 nitrogen and oxygen atoms in total. The molecule has 2 heterocycles. The van der Waals surface area contributed by atoms with Gasteiger partial charge in [-0.1, -0.05) is 6.07 Å². The number of pyridine rings is 1. The van der Waals surface area contributed by atoms with Gasteiger partial charge < -0.3 is 0 Å². The van der Waals surface area contributed by atoms with Crippen molar-refractivity contribution in [1.29, 1.82) is 0 Å². The molecule has 3 heteroatoms. The number of benzene rings is 1. The second-order valence-corrected chi connectivity index (χ2v) is 3.29. The van der Waals surface area contributed by atoms with Crippen LogP contribution in [-0.4, -0.2) is 15.2 Å². The molecule has 15 heavy (non-hydrogen) atoms. The molecule has 0 aliphatic rings. The van der Waals surface area contributed by atoms with Crippen molar-refractivity contribution < 1.29 is 0 Å². The molecule has 0 fully saturated rings. The van der Waals surface area contributed by atoms with Gasteiger partial charge in [0.05, 0.1) is 5.52 Å². The van der Waals surface area contributed by atoms with Gasteiger partial charge in [-0.3, -0.25) is 10.1 Å². The van der Waals surface area contributed by atoms with Gasteiger partial charge in [-0.2, -0.15) is 5.10 Å². The molecule has 3 rings (SSSR count). The molecule has 0 amide bonds. The first kappa shape index (κ1) is 8.17. The Morgan fingerprint density at radius 3 is 3.13 bits per heavy atom. The number of aromatic amines is 1. The minimum Gasteiger partial charge on any atom is -0.277 e. The third-order valence-corrected chi connectivity index (χ3v) is 2.34. The Balaban J connectivity index is 2.28. The Bertz CT molecular complexity index is 584. The first-order valence-corrected chi connectivity index (χ1v) is 4.70. The Labute approximate surface area is 86.8 Å². The molecule has 2 aromatic heterocycles. The topological polar surface area (TPSA) is 41.6 Å². The summed E-state index contributed by atoms with van der Waals surface area (Å²) in [5, 5.41) is 8.34. The maximum Gasteiger partial charge on any atom is 0.101 e. The van der Waals surface area contributed by atoms with Crippen molar-refractivity contribution in [2.75, 3.05) is 0 Å². The van der Waals surface area contributed by atoms with Crippen LogP contribution >= 0.6 is 0 Å². The zero-order chi connectivity index (χ0) is 10.1. The molecule has 71 valence electrons. The van der Waals surface area contributed by atoms with Gasteiger partial charge in [0.2, 0.25) is 0 Å². The van der Waals surface area contributed by atoms with E-state index in [0.29, 0.717) is 0 Å². The number of rotatable bonds is 1. The Morgan fingerprint density at radius 1 is 1.27 bits per heavy atom. The van der Waals surface area contributed by atoms with Crippen LogP contribution in [0.25, 0.3) is 22.2 Å². The summed E-state index contributed by atoms with van der Waals surface area (Å²) in [6, 6.07) is 12.7. The summed E-state index contributed by atoms with van der Waals surface area (Å²) in [4.78, 5) is 4.08. The van der Waals surface area contributed by atoms with E-state index < -0.39 is 0 Å². The van der Waals surface area contributed by atoms with Gasteiger partial charge in [0, 0.05) is 23.3 Å². The fourth-order valence-electron chi connectivity index (χ4n) is 1.62. The third-order valence-electron chi connectivity index (χ3n) is 2.34. The third kappa shape index (κ3) is 1.29. The van der Waals surface area contributed by atoms with Gasteiger partial charge in [0.25, 0.3) is 0 Å². The molecule has 1 radical (unpaired) electrons. The number of H-pyrrole nitrogens is 1. The molecule has 0 unspecified atom stereocenters. The highest BCUT2D eigenvalue weighted by atomic mass is 15.1. The number of nitrogens with one attached hydrogen (secondary N) is 1. The summed E-state index contributed by atoms with van der Waals surface area (Å²) in [5.74, 6) is 0. The van der Waals surface area contributed by atoms with Crippen LogP contribution in [-0.2, 0) is 0 Å². The lowest BCUT2D eigenvalue weighted by atomic mass is 10.1. The molecule has 0 bridgehead atoms. The predicted molar refractivity (Wildman–Crippen MR) is 58.2 cm³/mol. The lowest BCUT2D eigenvalue weighted by Crippen LogP contribution is -1.79. The quantitative estimate of drug-likeness (QED) is 0.646. The van der Waals surface area contributed by atoms with Crippen LogP contribution in [0.2, 0.25) is 0 Å². The number of hydrogen-bond donors (Lipinski definition) is 1. The molecular weight excluding hydrogens is 186 g/mol. The van der Waals surface area contributed by atoms with Gasteiger partial charge in [0.1, 0.15) is 5.69 Å². The van der Waals surface area contributed by atoms with Crippen LogP contribution in [0.3, 0.4) is 0 Å². The molecule has 1 N–H and O–H groups in total. The van der Waals surface area contributed by atoms with Crippen molar-refractivity contribution in [3.63, 3.8) is 0 Å². The molecule has 3 aromatic rings. The van der Waals surface area contributed by atoms with E-state index in [1.807, 2.05) is 36.5 Å². The van der Waals surface area contributed by atoms with Crippen molar-refractivity contribution in [2.45, 2.75) is 0 Å². The Hall–Kier alpha value is -2.16. The maximum atomic E-state index is 4.28. The number of aromatic nitrogens is 3. The molecular formula is C12H8N3. The molecule has 0 atom stereocenters. The van der Waals surface area contributed by atoms with Crippen LogP contribution in [0.5, 0.6) is 0 Å². The second kappa shape index (κ2) is 3.20. The average molecular weight is 194 g/mol. The summed E-state index contributed by atoms with van der Waals surface area (Å²) in [6.45, 7) is 0. The zero-order valence-electron chi connectivity index (χ0n) is 7.94. The second-order valence-electron chi connectivity index (χ2n) is 3.29. The van der Waals surface area contributed by atoms with E-state index in [1.54, 1.807) is 6.20 Å². The zero-order valence-corrected chi connectivity index (χ0v) is 7.94. The van der Waals surface area contributed by atoms with Crippen molar-refractivity contribution in [3.8, 4) is 11.3 Å². The van der Waals surface area contributed by atoms with E-state index in [0.717, 1.165) is 22.2 Å². The summed E-state index contributed by atoms with van der Waals surface area (Å²) < 4.78 is 0. The van der Waals surface area contributed by atoms with Crippen molar-refractivity contribution in [3.05, 3.63) is 48.8 Å². The molecule has 0 spiro atoms. The highest BCUT2D eigenvalue weighted by Crippen LogP contribution is 2.24. The van der Waals surface area contributed by atoms with Gasteiger partial charge >= 0.3 is 0 Å². The smallest absolute Gasteiger partial charge is 0.101 e. The van der Waals surface area contributed by atoms with Gasteiger partial charge in [0.15, 0.2) is 0 Å². The standard InChI is InChI=1S/C12H8N3/c1-2-6-11-10(5-1)12(15-14-11)9-4-3-7-13-8-9/h2-8H,(H,14,15). The summed E-state index contributed by atoms with van der Waals surface area (Å²) in [5.41, 5.74) is 2.96. The normalized spacial score (nSPS) is 10.7. The fraction of sp³-hybridized carbons (Fsp3) is 0. The average Bonchev–Trinajstić information content (AvgIpc) is 2.74. The predicted octanol–water partition coefficient (Wildman–Crippen LogP) is 2.43. The Kier molecular flexibility index (Phi) is 1.75. The van der Waals surface area contributed by atoms with Gasteiger partial charge in [-0.25, -0.2) is 0 Å². The largest absolute Gasteiger partial charge is 0.277 e. The van der Waals surface area contributed by atoms with Crippen LogP contribution in [0.15, 0.2) is 42.7 Å². The van der Waals surface area contributed by atoms with Crippen LogP contribution in [0, 0.1) is 6.07 Å². The van der Waals surface area contributed by atoms with E-state index in [4.69, 9.17) is 0 Å². The van der Waals surface area contributed by atoms with E-state index in [2.05, 4.69) is 21.2 Å². The molecule has 0 saturated heterocycles. The van der Waals surface area contributed by atoms with E-state index in [9.17, 15) is 0 Å². The van der Waals surface area contributed by atoms with Crippen LogP contribution in [0.1, 0.15) is 0 Å². The lowest BCUT2D eigenvalue weighted by molar-refractivity contribution is 1.12. The Morgan fingerprint density at radius 2 is 2.27 bits per heavy atom. The molecule has 0 saturated carbocycles. The summed E-state index contributed by atoms with van der Waals surface area (Å²) in [6.07, 6.45) is 3.56. The highest BCUT2D eigenvalue weighted by molar-refractivity contribution is 5.92. The minimum atomic E-state index is 0.926. The van der Waals surface area contributed by atoms with Gasteiger partial charge in [-0.15, -0.1) is 0 Å². The van der Waals surface area contributed by atoms with Crippen molar-refractivity contribution in [1.82, 2.24) is 15.2 Å². The number of fused-ring (bicyclic) bond motifs is 1. The number of hydrogen-bond acceptors (Lipinski definition) is 2. The van der Waals surface area contributed by atoms with Crippen molar-refractivity contribution in [2.24, 2.45) is 0 Å². The molecule has 0 aliphatic heterocycles. The van der Waals surface area contributed by atoms with E-state index >= 15 is 0 Å². The first-order chi connectivity index (χ1) is 7.45. The van der Waals surface area contributed by atoms with Crippen molar-refractivity contribution >= 4 is 10.9 Å². The molecule has 1 aromatic carbocycles. The van der Waals surface area contributed by atoms with E-state index in [1.165, 1.54) is 0 Å². The highest BCUT2D eigenvalue weighted by Gasteiger charge is 2.06. The monoisotopic (exact) mass is 194 g/mol. The SMILES string of the molecule is [c]1ccc2[nH]nc(-c3cccnc3)c2c1. The molecule has 0 aliphatic carbocycles. The van der Waals surface area contributed by atoms with E-state index in [-0.39, 0.29) is 0 Å². The fourth-order valence-corrected chi connectivity index (χ4v) is 1.62. The summed E-state index contributed by atoms with van der Waals surface area (Å²) >= 11 is 0. The maximum absolute atomic E-state index is 4.28. The first-order valence-electron chi connectivity index (χ1n) is 4.70.